The van der Waals surface area contributed by atoms with Gasteiger partial charge in [0.05, 0.1) is 13.1 Å². The highest BCUT2D eigenvalue weighted by molar-refractivity contribution is 5.82. The van der Waals surface area contributed by atoms with Crippen molar-refractivity contribution in [1.82, 2.24) is 5.32 Å². The van der Waals surface area contributed by atoms with Crippen molar-refractivity contribution in [3.8, 4) is 0 Å². The second-order valence-electron chi connectivity index (χ2n) is 2.98. The van der Waals surface area contributed by atoms with Crippen LogP contribution in [-0.2, 0) is 11.3 Å². The highest BCUT2D eigenvalue weighted by atomic mass is 19.1. The Kier molecular flexibility index (Phi) is 4.22. The summed E-state index contributed by atoms with van der Waals surface area (Å²) in [7, 11) is 0. The minimum atomic E-state index is -0.269. The van der Waals surface area contributed by atoms with E-state index in [-0.39, 0.29) is 24.7 Å². The molecule has 0 aliphatic carbocycles. The van der Waals surface area contributed by atoms with Crippen LogP contribution in [0.5, 0.6) is 0 Å². The van der Waals surface area contributed by atoms with E-state index < -0.39 is 0 Å². The maximum Gasteiger partial charge on any atom is 0.160 e. The van der Waals surface area contributed by atoms with Gasteiger partial charge in [-0.05, 0) is 17.7 Å². The van der Waals surface area contributed by atoms with Crippen LogP contribution in [0.4, 0.5) is 4.39 Å². The van der Waals surface area contributed by atoms with E-state index in [2.05, 4.69) is 5.32 Å². The fourth-order valence-electron chi connectivity index (χ4n) is 1.07. The van der Waals surface area contributed by atoms with Gasteiger partial charge in [0.1, 0.15) is 5.82 Å². The summed E-state index contributed by atoms with van der Waals surface area (Å²) >= 11 is 0. The molecule has 0 aromatic heterocycles. The molecule has 1 aromatic rings. The number of hydrogen-bond donors (Lipinski definition) is 2. The smallest absolute Gasteiger partial charge is 0.160 e. The Morgan fingerprint density at radius 3 is 2.93 bits per heavy atom. The van der Waals surface area contributed by atoms with E-state index in [0.29, 0.717) is 6.54 Å². The summed E-state index contributed by atoms with van der Waals surface area (Å²) in [5, 5.41) is 2.88. The molecule has 1 rings (SSSR count). The zero-order valence-corrected chi connectivity index (χ0v) is 7.79. The van der Waals surface area contributed by atoms with E-state index in [0.717, 1.165) is 5.56 Å². The SMILES string of the molecule is NCC(=O)CNCc1cccc(F)c1. The van der Waals surface area contributed by atoms with Gasteiger partial charge in [-0.1, -0.05) is 12.1 Å². The number of ketones is 1. The minimum Gasteiger partial charge on any atom is -0.324 e. The predicted molar refractivity (Wildman–Crippen MR) is 52.2 cm³/mol. The Hall–Kier alpha value is -1.26. The largest absolute Gasteiger partial charge is 0.324 e. The molecule has 4 heteroatoms. The van der Waals surface area contributed by atoms with Crippen LogP contribution in [0.25, 0.3) is 0 Å². The number of nitrogens with two attached hydrogens (primary N) is 1. The Labute approximate surface area is 82.1 Å². The number of benzene rings is 1. The second kappa shape index (κ2) is 5.47. The number of Topliss-reactive ketones (excluding diaryl/α,β-unsaturated/α-hetero) is 1. The number of hydrogen-bond acceptors (Lipinski definition) is 3. The maximum atomic E-state index is 12.7. The fraction of sp³-hybridized carbons (Fsp3) is 0.300. The molecule has 0 spiro atoms. The topological polar surface area (TPSA) is 55.1 Å². The van der Waals surface area contributed by atoms with Crippen molar-refractivity contribution < 1.29 is 9.18 Å². The number of rotatable bonds is 5. The molecule has 14 heavy (non-hydrogen) atoms. The molecule has 0 radical (unpaired) electrons. The van der Waals surface area contributed by atoms with Crippen molar-refractivity contribution in [2.24, 2.45) is 5.73 Å². The lowest BCUT2D eigenvalue weighted by atomic mass is 10.2. The molecule has 3 nitrogen and oxygen atoms in total. The van der Waals surface area contributed by atoms with Crippen LogP contribution < -0.4 is 11.1 Å². The third-order valence-electron chi connectivity index (χ3n) is 1.77. The molecule has 0 fully saturated rings. The van der Waals surface area contributed by atoms with Crippen LogP contribution in [0, 0.1) is 5.82 Å². The van der Waals surface area contributed by atoms with Crippen molar-refractivity contribution in [2.75, 3.05) is 13.1 Å². The average Bonchev–Trinajstić information content (AvgIpc) is 2.17. The van der Waals surface area contributed by atoms with Crippen LogP contribution in [-0.4, -0.2) is 18.9 Å². The van der Waals surface area contributed by atoms with Crippen molar-refractivity contribution in [1.29, 1.82) is 0 Å². The van der Waals surface area contributed by atoms with E-state index in [1.54, 1.807) is 12.1 Å². The van der Waals surface area contributed by atoms with Crippen LogP contribution in [0.2, 0.25) is 0 Å². The fourth-order valence-corrected chi connectivity index (χ4v) is 1.07. The zero-order valence-electron chi connectivity index (χ0n) is 7.79. The Balaban J connectivity index is 2.35. The molecule has 0 amide bonds. The first-order valence-electron chi connectivity index (χ1n) is 4.39. The number of nitrogens with one attached hydrogen (secondary N) is 1. The van der Waals surface area contributed by atoms with Crippen molar-refractivity contribution in [2.45, 2.75) is 6.54 Å². The minimum absolute atomic E-state index is 0.0378. The van der Waals surface area contributed by atoms with Gasteiger partial charge in [0.2, 0.25) is 0 Å². The summed E-state index contributed by atoms with van der Waals surface area (Å²) in [5.41, 5.74) is 5.94. The lowest BCUT2D eigenvalue weighted by Crippen LogP contribution is -2.27. The first-order valence-corrected chi connectivity index (χ1v) is 4.39. The Morgan fingerprint density at radius 1 is 1.50 bits per heavy atom. The summed E-state index contributed by atoms with van der Waals surface area (Å²) < 4.78 is 12.7. The Bertz CT molecular complexity index is 315. The number of halogens is 1. The molecule has 0 heterocycles. The molecule has 0 unspecified atom stereocenters. The molecular formula is C10H13FN2O. The van der Waals surface area contributed by atoms with Crippen LogP contribution in [0.3, 0.4) is 0 Å². The normalized spacial score (nSPS) is 10.1. The molecule has 0 aliphatic rings. The van der Waals surface area contributed by atoms with Gasteiger partial charge in [-0.15, -0.1) is 0 Å². The van der Waals surface area contributed by atoms with E-state index in [1.165, 1.54) is 12.1 Å². The lowest BCUT2D eigenvalue weighted by Gasteiger charge is -2.03. The monoisotopic (exact) mass is 196 g/mol. The van der Waals surface area contributed by atoms with Gasteiger partial charge in [0.15, 0.2) is 5.78 Å². The lowest BCUT2D eigenvalue weighted by molar-refractivity contribution is -0.116. The molecule has 76 valence electrons. The van der Waals surface area contributed by atoms with Crippen molar-refractivity contribution >= 4 is 5.78 Å². The van der Waals surface area contributed by atoms with E-state index in [4.69, 9.17) is 5.73 Å². The molecule has 0 aliphatic heterocycles. The predicted octanol–water partition coefficient (Wildman–Crippen LogP) is 0.443. The van der Waals surface area contributed by atoms with Crippen LogP contribution >= 0.6 is 0 Å². The first kappa shape index (κ1) is 10.8. The third-order valence-corrected chi connectivity index (χ3v) is 1.77. The van der Waals surface area contributed by atoms with E-state index in [1.807, 2.05) is 0 Å². The highest BCUT2D eigenvalue weighted by Gasteiger charge is 1.98. The molecule has 0 saturated carbocycles. The zero-order chi connectivity index (χ0) is 10.4. The molecule has 0 bridgehead atoms. The first-order chi connectivity index (χ1) is 6.72. The van der Waals surface area contributed by atoms with Crippen molar-refractivity contribution in [3.05, 3.63) is 35.6 Å². The maximum absolute atomic E-state index is 12.7. The molecular weight excluding hydrogens is 183 g/mol. The Morgan fingerprint density at radius 2 is 2.29 bits per heavy atom. The van der Waals surface area contributed by atoms with Crippen LogP contribution in [0.1, 0.15) is 5.56 Å². The second-order valence-corrected chi connectivity index (χ2v) is 2.98. The number of carbonyl (C=O) groups is 1. The molecule has 0 atom stereocenters. The molecule has 3 N–H and O–H groups in total. The molecule has 0 saturated heterocycles. The van der Waals surface area contributed by atoms with Gasteiger partial charge >= 0.3 is 0 Å². The summed E-state index contributed by atoms with van der Waals surface area (Å²) in [5.74, 6) is -0.323. The van der Waals surface area contributed by atoms with E-state index >= 15 is 0 Å². The summed E-state index contributed by atoms with van der Waals surface area (Å²) in [4.78, 5) is 10.8. The van der Waals surface area contributed by atoms with E-state index in [9.17, 15) is 9.18 Å². The van der Waals surface area contributed by atoms with Crippen LogP contribution in [0.15, 0.2) is 24.3 Å². The summed E-state index contributed by atoms with van der Waals surface area (Å²) in [6.07, 6.45) is 0. The third kappa shape index (κ3) is 3.64. The van der Waals surface area contributed by atoms with Gasteiger partial charge in [-0.3, -0.25) is 4.79 Å². The summed E-state index contributed by atoms with van der Waals surface area (Å²) in [6, 6.07) is 6.24. The average molecular weight is 196 g/mol. The van der Waals surface area contributed by atoms with Gasteiger partial charge in [-0.2, -0.15) is 0 Å². The van der Waals surface area contributed by atoms with Gasteiger partial charge in [0, 0.05) is 6.54 Å². The molecule has 1 aromatic carbocycles. The van der Waals surface area contributed by atoms with Crippen molar-refractivity contribution in [3.63, 3.8) is 0 Å². The van der Waals surface area contributed by atoms with Gasteiger partial charge in [-0.25, -0.2) is 4.39 Å². The van der Waals surface area contributed by atoms with Gasteiger partial charge in [0.25, 0.3) is 0 Å². The summed E-state index contributed by atoms with van der Waals surface area (Å²) in [6.45, 7) is 0.743. The van der Waals surface area contributed by atoms with Gasteiger partial charge < -0.3 is 11.1 Å². The quantitative estimate of drug-likeness (QED) is 0.718. The standard InChI is InChI=1S/C10H13FN2O/c11-9-3-1-2-8(4-9)6-13-7-10(14)5-12/h1-4,13H,5-7,12H2. The number of carbonyl (C=O) groups excluding carboxylic acids is 1. The highest BCUT2D eigenvalue weighted by Crippen LogP contribution is 2.02.